The Hall–Kier alpha value is -3.87. The van der Waals surface area contributed by atoms with Crippen LogP contribution in [0.5, 0.6) is 0 Å². The SMILES string of the molecule is CNC(=O)c1ccnc2c(CCNc3cc(-c4ccc(C5CC5)nc4)ncn3)cccc12. The molecule has 1 aromatic carbocycles. The van der Waals surface area contributed by atoms with Crippen LogP contribution in [-0.4, -0.2) is 39.4 Å². The molecule has 5 rings (SSSR count). The average molecular weight is 425 g/mol. The first kappa shape index (κ1) is 20.1. The second kappa shape index (κ2) is 8.70. The molecule has 0 unspecified atom stereocenters. The van der Waals surface area contributed by atoms with Gasteiger partial charge in [0.1, 0.15) is 12.1 Å². The number of para-hydroxylation sites is 1. The molecular formula is C25H24N6O. The second-order valence-corrected chi connectivity index (χ2v) is 7.96. The minimum Gasteiger partial charge on any atom is -0.370 e. The largest absolute Gasteiger partial charge is 0.370 e. The van der Waals surface area contributed by atoms with E-state index >= 15 is 0 Å². The van der Waals surface area contributed by atoms with Crippen molar-refractivity contribution in [2.45, 2.75) is 25.2 Å². The van der Waals surface area contributed by atoms with Gasteiger partial charge in [-0.3, -0.25) is 14.8 Å². The third-order valence-electron chi connectivity index (χ3n) is 5.77. The van der Waals surface area contributed by atoms with E-state index in [9.17, 15) is 4.79 Å². The predicted molar refractivity (Wildman–Crippen MR) is 125 cm³/mol. The van der Waals surface area contributed by atoms with E-state index in [0.29, 0.717) is 18.0 Å². The number of nitrogens with zero attached hydrogens (tertiary/aromatic N) is 4. The number of hydrogen-bond donors (Lipinski definition) is 2. The highest BCUT2D eigenvalue weighted by Gasteiger charge is 2.24. The van der Waals surface area contributed by atoms with Crippen molar-refractivity contribution in [3.05, 3.63) is 78.0 Å². The van der Waals surface area contributed by atoms with Crippen LogP contribution in [0, 0.1) is 0 Å². The highest BCUT2D eigenvalue weighted by atomic mass is 16.1. The van der Waals surface area contributed by atoms with Gasteiger partial charge >= 0.3 is 0 Å². The van der Waals surface area contributed by atoms with E-state index in [4.69, 9.17) is 0 Å². The standard InChI is InChI=1S/C25H24N6O/c1-26-25(32)20-10-12-28-24-17(3-2-4-19(20)24)9-11-27-23-13-22(30-15-31-23)18-7-8-21(29-14-18)16-5-6-16/h2-4,7-8,10,12-16H,5-6,9,11H2,1H3,(H,26,32)(H,27,30,31). The Morgan fingerprint density at radius 2 is 1.97 bits per heavy atom. The number of amides is 1. The Morgan fingerprint density at radius 3 is 2.75 bits per heavy atom. The van der Waals surface area contributed by atoms with Crippen LogP contribution in [-0.2, 0) is 6.42 Å². The summed E-state index contributed by atoms with van der Waals surface area (Å²) in [6.45, 7) is 0.681. The zero-order valence-electron chi connectivity index (χ0n) is 17.9. The van der Waals surface area contributed by atoms with Crippen molar-refractivity contribution in [3.8, 4) is 11.3 Å². The smallest absolute Gasteiger partial charge is 0.251 e. The lowest BCUT2D eigenvalue weighted by Crippen LogP contribution is -2.18. The molecule has 0 radical (unpaired) electrons. The molecule has 0 bridgehead atoms. The number of benzene rings is 1. The Morgan fingerprint density at radius 1 is 1.06 bits per heavy atom. The van der Waals surface area contributed by atoms with Crippen molar-refractivity contribution in [3.63, 3.8) is 0 Å². The molecule has 1 saturated carbocycles. The summed E-state index contributed by atoms with van der Waals surface area (Å²) in [4.78, 5) is 30.0. The van der Waals surface area contributed by atoms with Crippen molar-refractivity contribution in [1.29, 1.82) is 0 Å². The zero-order valence-corrected chi connectivity index (χ0v) is 17.9. The fourth-order valence-electron chi connectivity index (χ4n) is 3.89. The highest BCUT2D eigenvalue weighted by molar-refractivity contribution is 6.06. The van der Waals surface area contributed by atoms with Gasteiger partial charge < -0.3 is 10.6 Å². The van der Waals surface area contributed by atoms with Crippen molar-refractivity contribution < 1.29 is 4.79 Å². The van der Waals surface area contributed by atoms with Crippen LogP contribution in [0.1, 0.15) is 40.4 Å². The van der Waals surface area contributed by atoms with Crippen LogP contribution in [0.4, 0.5) is 5.82 Å². The summed E-state index contributed by atoms with van der Waals surface area (Å²) in [7, 11) is 1.63. The molecule has 2 N–H and O–H groups in total. The van der Waals surface area contributed by atoms with E-state index in [1.807, 2.05) is 30.5 Å². The van der Waals surface area contributed by atoms with Crippen LogP contribution >= 0.6 is 0 Å². The monoisotopic (exact) mass is 424 g/mol. The minimum absolute atomic E-state index is 0.110. The summed E-state index contributed by atoms with van der Waals surface area (Å²) < 4.78 is 0. The molecule has 7 nitrogen and oxygen atoms in total. The quantitative estimate of drug-likeness (QED) is 0.466. The zero-order chi connectivity index (χ0) is 21.9. The Labute approximate surface area is 186 Å². The van der Waals surface area contributed by atoms with Gasteiger partial charge in [0.05, 0.1) is 16.8 Å². The van der Waals surface area contributed by atoms with E-state index in [2.05, 4.69) is 42.7 Å². The number of carbonyl (C=O) groups is 1. The summed E-state index contributed by atoms with van der Waals surface area (Å²) in [5, 5.41) is 6.92. The van der Waals surface area contributed by atoms with Gasteiger partial charge in [0.15, 0.2) is 0 Å². The van der Waals surface area contributed by atoms with Crippen molar-refractivity contribution in [1.82, 2.24) is 25.3 Å². The van der Waals surface area contributed by atoms with Gasteiger partial charge in [-0.2, -0.15) is 0 Å². The van der Waals surface area contributed by atoms with Crippen LogP contribution in [0.3, 0.4) is 0 Å². The topological polar surface area (TPSA) is 92.7 Å². The summed E-state index contributed by atoms with van der Waals surface area (Å²) in [5.74, 6) is 1.30. The first-order valence-corrected chi connectivity index (χ1v) is 10.8. The Balaban J connectivity index is 1.29. The minimum atomic E-state index is -0.110. The van der Waals surface area contributed by atoms with E-state index in [1.54, 1.807) is 25.6 Å². The van der Waals surface area contributed by atoms with Gasteiger partial charge in [0.2, 0.25) is 0 Å². The van der Waals surface area contributed by atoms with Crippen LogP contribution in [0.15, 0.2) is 61.2 Å². The Bertz CT molecular complexity index is 1270. The van der Waals surface area contributed by atoms with Crippen LogP contribution < -0.4 is 10.6 Å². The first-order valence-electron chi connectivity index (χ1n) is 10.8. The number of pyridine rings is 2. The predicted octanol–water partition coefficient (Wildman–Crippen LogP) is 3.98. The van der Waals surface area contributed by atoms with Crippen LogP contribution in [0.2, 0.25) is 0 Å². The molecule has 3 aromatic heterocycles. The fourth-order valence-corrected chi connectivity index (χ4v) is 3.89. The average Bonchev–Trinajstić information content (AvgIpc) is 3.69. The van der Waals surface area contributed by atoms with Crippen LogP contribution in [0.25, 0.3) is 22.2 Å². The van der Waals surface area contributed by atoms with Gasteiger partial charge in [-0.15, -0.1) is 0 Å². The molecule has 0 saturated heterocycles. The lowest BCUT2D eigenvalue weighted by molar-refractivity contribution is 0.0964. The molecule has 7 heteroatoms. The molecular weight excluding hydrogens is 400 g/mol. The summed E-state index contributed by atoms with van der Waals surface area (Å²) in [6, 6.07) is 13.8. The number of nitrogens with one attached hydrogen (secondary N) is 2. The molecule has 1 fully saturated rings. The normalized spacial score (nSPS) is 13.2. The van der Waals surface area contributed by atoms with Crippen molar-refractivity contribution >= 4 is 22.6 Å². The Kier molecular flexibility index (Phi) is 5.46. The molecule has 4 aromatic rings. The van der Waals surface area contributed by atoms with Crippen molar-refractivity contribution in [2.24, 2.45) is 0 Å². The van der Waals surface area contributed by atoms with E-state index < -0.39 is 0 Å². The summed E-state index contributed by atoms with van der Waals surface area (Å²) >= 11 is 0. The molecule has 160 valence electrons. The van der Waals surface area contributed by atoms with Gasteiger partial charge in [0, 0.05) is 54.6 Å². The number of rotatable bonds is 7. The van der Waals surface area contributed by atoms with E-state index in [0.717, 1.165) is 40.0 Å². The maximum atomic E-state index is 12.2. The number of anilines is 1. The molecule has 0 spiro atoms. The first-order chi connectivity index (χ1) is 15.7. The van der Waals surface area contributed by atoms with E-state index in [-0.39, 0.29) is 5.91 Å². The highest BCUT2D eigenvalue weighted by Crippen LogP contribution is 2.39. The van der Waals surface area contributed by atoms with Gasteiger partial charge in [0.25, 0.3) is 5.91 Å². The van der Waals surface area contributed by atoms with E-state index in [1.165, 1.54) is 18.5 Å². The maximum absolute atomic E-state index is 12.2. The molecule has 0 atom stereocenters. The molecule has 32 heavy (non-hydrogen) atoms. The third-order valence-corrected chi connectivity index (χ3v) is 5.77. The van der Waals surface area contributed by atoms with Gasteiger partial charge in [-0.05, 0) is 43.0 Å². The third kappa shape index (κ3) is 4.14. The maximum Gasteiger partial charge on any atom is 0.251 e. The number of aromatic nitrogens is 4. The molecule has 1 aliphatic rings. The lowest BCUT2D eigenvalue weighted by atomic mass is 10.0. The molecule has 0 aliphatic heterocycles. The number of carbonyl (C=O) groups excluding carboxylic acids is 1. The molecule has 3 heterocycles. The lowest BCUT2D eigenvalue weighted by Gasteiger charge is -2.10. The number of fused-ring (bicyclic) bond motifs is 1. The summed E-state index contributed by atoms with van der Waals surface area (Å²) in [5.41, 5.74) is 5.56. The van der Waals surface area contributed by atoms with Crippen molar-refractivity contribution in [2.75, 3.05) is 18.9 Å². The van der Waals surface area contributed by atoms with Gasteiger partial charge in [-0.1, -0.05) is 18.2 Å². The fraction of sp³-hybridized carbons (Fsp3) is 0.240. The molecule has 1 aliphatic carbocycles. The second-order valence-electron chi connectivity index (χ2n) is 7.96. The number of hydrogen-bond acceptors (Lipinski definition) is 6. The summed E-state index contributed by atoms with van der Waals surface area (Å²) in [6.07, 6.45) is 8.38. The molecule has 1 amide bonds. The van der Waals surface area contributed by atoms with Gasteiger partial charge in [-0.25, -0.2) is 9.97 Å².